The molecule has 0 aromatic carbocycles. The fraction of sp³-hybridized carbons (Fsp3) is 1.00. The number of nitrogens with two attached hydrogens (primary N) is 1. The number of ether oxygens (including phenoxy) is 1. The molecule has 2 fully saturated rings. The standard InChI is InChI=1S/C13H26N2O/c1-10-3-5-15(11(2)7-10)8-13(14)12-4-6-16-9-12/h10-13H,3-9,14H2,1-2H3. The van der Waals surface area contributed by atoms with Crippen LogP contribution in [0, 0.1) is 11.8 Å². The van der Waals surface area contributed by atoms with Crippen molar-refractivity contribution >= 4 is 0 Å². The zero-order valence-corrected chi connectivity index (χ0v) is 10.7. The molecular weight excluding hydrogens is 200 g/mol. The lowest BCUT2D eigenvalue weighted by atomic mass is 9.91. The molecular formula is C13H26N2O. The lowest BCUT2D eigenvalue weighted by molar-refractivity contribution is 0.108. The van der Waals surface area contributed by atoms with Gasteiger partial charge in [0.15, 0.2) is 0 Å². The zero-order valence-electron chi connectivity index (χ0n) is 10.7. The number of hydrogen-bond donors (Lipinski definition) is 1. The second-order valence-corrected chi connectivity index (χ2v) is 5.76. The molecule has 4 unspecified atom stereocenters. The van der Waals surface area contributed by atoms with Crippen LogP contribution in [0.15, 0.2) is 0 Å². The van der Waals surface area contributed by atoms with Crippen molar-refractivity contribution in [1.29, 1.82) is 0 Å². The van der Waals surface area contributed by atoms with E-state index in [2.05, 4.69) is 18.7 Å². The summed E-state index contributed by atoms with van der Waals surface area (Å²) in [5.41, 5.74) is 6.29. The Bertz CT molecular complexity index is 216. The molecule has 0 amide bonds. The van der Waals surface area contributed by atoms with Crippen LogP contribution in [-0.2, 0) is 4.74 Å². The van der Waals surface area contributed by atoms with Gasteiger partial charge in [0, 0.05) is 31.2 Å². The Balaban J connectivity index is 1.79. The van der Waals surface area contributed by atoms with Crippen LogP contribution in [0.2, 0.25) is 0 Å². The molecule has 3 heteroatoms. The Morgan fingerprint density at radius 2 is 2.19 bits per heavy atom. The van der Waals surface area contributed by atoms with E-state index in [0.29, 0.717) is 18.0 Å². The highest BCUT2D eigenvalue weighted by molar-refractivity contribution is 4.84. The predicted molar refractivity (Wildman–Crippen MR) is 66.3 cm³/mol. The average molecular weight is 226 g/mol. The van der Waals surface area contributed by atoms with Gasteiger partial charge in [0.2, 0.25) is 0 Å². The molecule has 0 aromatic rings. The van der Waals surface area contributed by atoms with Crippen LogP contribution in [-0.4, -0.2) is 43.3 Å². The minimum atomic E-state index is 0.304. The van der Waals surface area contributed by atoms with E-state index in [9.17, 15) is 0 Å². The molecule has 4 atom stereocenters. The van der Waals surface area contributed by atoms with Crippen molar-refractivity contribution in [3.05, 3.63) is 0 Å². The first-order valence-electron chi connectivity index (χ1n) is 6.74. The summed E-state index contributed by atoms with van der Waals surface area (Å²) in [6, 6.07) is 1.01. The van der Waals surface area contributed by atoms with E-state index < -0.39 is 0 Å². The van der Waals surface area contributed by atoms with Crippen LogP contribution in [0.5, 0.6) is 0 Å². The first kappa shape index (κ1) is 12.3. The zero-order chi connectivity index (χ0) is 11.5. The molecule has 0 aliphatic carbocycles. The van der Waals surface area contributed by atoms with Gasteiger partial charge in [0.05, 0.1) is 6.61 Å². The Labute approximate surface area is 99.3 Å². The molecule has 2 heterocycles. The molecule has 94 valence electrons. The minimum absolute atomic E-state index is 0.304. The van der Waals surface area contributed by atoms with E-state index in [1.807, 2.05) is 0 Å². The van der Waals surface area contributed by atoms with Crippen molar-refractivity contribution < 1.29 is 4.74 Å². The van der Waals surface area contributed by atoms with E-state index in [1.165, 1.54) is 19.4 Å². The van der Waals surface area contributed by atoms with Crippen molar-refractivity contribution in [1.82, 2.24) is 4.90 Å². The molecule has 2 aliphatic rings. The third kappa shape index (κ3) is 2.96. The maximum absolute atomic E-state index is 6.29. The molecule has 0 radical (unpaired) electrons. The van der Waals surface area contributed by atoms with Gasteiger partial charge in [0.1, 0.15) is 0 Å². The summed E-state index contributed by atoms with van der Waals surface area (Å²) in [6.07, 6.45) is 3.81. The van der Waals surface area contributed by atoms with Crippen molar-refractivity contribution in [3.8, 4) is 0 Å². The maximum atomic E-state index is 6.29. The monoisotopic (exact) mass is 226 g/mol. The van der Waals surface area contributed by atoms with Crippen molar-refractivity contribution in [3.63, 3.8) is 0 Å². The van der Waals surface area contributed by atoms with Crippen LogP contribution in [0.4, 0.5) is 0 Å². The van der Waals surface area contributed by atoms with Crippen molar-refractivity contribution in [2.75, 3.05) is 26.3 Å². The maximum Gasteiger partial charge on any atom is 0.0510 e. The number of nitrogens with zero attached hydrogens (tertiary/aromatic N) is 1. The number of likely N-dealkylation sites (tertiary alicyclic amines) is 1. The van der Waals surface area contributed by atoms with Gasteiger partial charge in [-0.3, -0.25) is 4.90 Å². The van der Waals surface area contributed by atoms with Crippen LogP contribution in [0.3, 0.4) is 0 Å². The molecule has 2 aliphatic heterocycles. The van der Waals surface area contributed by atoms with Crippen LogP contribution < -0.4 is 5.73 Å². The van der Waals surface area contributed by atoms with Gasteiger partial charge in [-0.1, -0.05) is 6.92 Å². The average Bonchev–Trinajstić information content (AvgIpc) is 2.75. The first-order chi connectivity index (χ1) is 7.66. The Hall–Kier alpha value is -0.120. The molecule has 0 spiro atoms. The Kier molecular flexibility index (Phi) is 4.22. The number of piperidine rings is 1. The van der Waals surface area contributed by atoms with Gasteiger partial charge in [-0.2, -0.15) is 0 Å². The highest BCUT2D eigenvalue weighted by atomic mass is 16.5. The van der Waals surface area contributed by atoms with Crippen LogP contribution >= 0.6 is 0 Å². The largest absolute Gasteiger partial charge is 0.381 e. The van der Waals surface area contributed by atoms with Crippen molar-refractivity contribution in [2.45, 2.75) is 45.2 Å². The molecule has 16 heavy (non-hydrogen) atoms. The summed E-state index contributed by atoms with van der Waals surface area (Å²) in [4.78, 5) is 2.57. The third-order valence-electron chi connectivity index (χ3n) is 4.29. The van der Waals surface area contributed by atoms with E-state index >= 15 is 0 Å². The second-order valence-electron chi connectivity index (χ2n) is 5.76. The van der Waals surface area contributed by atoms with E-state index in [4.69, 9.17) is 10.5 Å². The quantitative estimate of drug-likeness (QED) is 0.792. The Morgan fingerprint density at radius 3 is 2.81 bits per heavy atom. The Morgan fingerprint density at radius 1 is 1.38 bits per heavy atom. The highest BCUT2D eigenvalue weighted by Gasteiger charge is 2.28. The lowest BCUT2D eigenvalue weighted by Gasteiger charge is -2.38. The summed E-state index contributed by atoms with van der Waals surface area (Å²) in [6.45, 7) is 8.77. The smallest absolute Gasteiger partial charge is 0.0510 e. The highest BCUT2D eigenvalue weighted by Crippen LogP contribution is 2.24. The summed E-state index contributed by atoms with van der Waals surface area (Å²) in [5, 5.41) is 0. The summed E-state index contributed by atoms with van der Waals surface area (Å²) >= 11 is 0. The third-order valence-corrected chi connectivity index (χ3v) is 4.29. The van der Waals surface area contributed by atoms with Crippen molar-refractivity contribution in [2.24, 2.45) is 17.6 Å². The van der Waals surface area contributed by atoms with E-state index in [1.54, 1.807) is 0 Å². The summed E-state index contributed by atoms with van der Waals surface area (Å²) < 4.78 is 5.41. The summed E-state index contributed by atoms with van der Waals surface area (Å²) in [5.74, 6) is 1.48. The van der Waals surface area contributed by atoms with Gasteiger partial charge >= 0.3 is 0 Å². The molecule has 0 aromatic heterocycles. The molecule has 0 saturated carbocycles. The fourth-order valence-corrected chi connectivity index (χ4v) is 3.04. The summed E-state index contributed by atoms with van der Waals surface area (Å²) in [7, 11) is 0. The molecule has 3 nitrogen and oxygen atoms in total. The van der Waals surface area contributed by atoms with Gasteiger partial charge in [-0.25, -0.2) is 0 Å². The molecule has 2 N–H and O–H groups in total. The first-order valence-corrected chi connectivity index (χ1v) is 6.74. The predicted octanol–water partition coefficient (Wildman–Crippen LogP) is 1.47. The van der Waals surface area contributed by atoms with Crippen LogP contribution in [0.25, 0.3) is 0 Å². The molecule has 0 bridgehead atoms. The van der Waals surface area contributed by atoms with E-state index in [0.717, 1.165) is 32.1 Å². The van der Waals surface area contributed by atoms with Crippen LogP contribution in [0.1, 0.15) is 33.1 Å². The van der Waals surface area contributed by atoms with Gasteiger partial charge in [0.25, 0.3) is 0 Å². The van der Waals surface area contributed by atoms with E-state index in [-0.39, 0.29) is 0 Å². The second kappa shape index (κ2) is 5.48. The SMILES string of the molecule is CC1CCN(CC(N)C2CCOC2)C(C)C1. The topological polar surface area (TPSA) is 38.5 Å². The fourth-order valence-electron chi connectivity index (χ4n) is 3.04. The normalized spacial score (nSPS) is 38.8. The van der Waals surface area contributed by atoms with Gasteiger partial charge in [-0.15, -0.1) is 0 Å². The number of rotatable bonds is 3. The minimum Gasteiger partial charge on any atom is -0.381 e. The van der Waals surface area contributed by atoms with Gasteiger partial charge < -0.3 is 10.5 Å². The molecule has 2 rings (SSSR count). The molecule has 2 saturated heterocycles. The van der Waals surface area contributed by atoms with Gasteiger partial charge in [-0.05, 0) is 38.6 Å². The number of hydrogen-bond acceptors (Lipinski definition) is 3. The lowest BCUT2D eigenvalue weighted by Crippen LogP contribution is -2.48.